The lowest BCUT2D eigenvalue weighted by Gasteiger charge is -2.17. The first kappa shape index (κ1) is 14.5. The molecule has 1 atom stereocenters. The van der Waals surface area contributed by atoms with Crippen LogP contribution in [0.2, 0.25) is 5.15 Å². The molecule has 0 spiro atoms. The van der Waals surface area contributed by atoms with E-state index < -0.39 is 0 Å². The number of hydrogen-bond acceptors (Lipinski definition) is 3. The lowest BCUT2D eigenvalue weighted by molar-refractivity contribution is -0.125. The fourth-order valence-corrected chi connectivity index (χ4v) is 2.61. The van der Waals surface area contributed by atoms with Gasteiger partial charge in [-0.25, -0.2) is 4.98 Å². The molecule has 1 aromatic rings. The van der Waals surface area contributed by atoms with Crippen LogP contribution in [0.25, 0.3) is 0 Å². The lowest BCUT2D eigenvalue weighted by atomic mass is 9.95. The second-order valence-corrected chi connectivity index (χ2v) is 6.28. The van der Waals surface area contributed by atoms with E-state index in [2.05, 4.69) is 34.8 Å². The zero-order valence-corrected chi connectivity index (χ0v) is 13.0. The van der Waals surface area contributed by atoms with E-state index in [0.29, 0.717) is 23.4 Å². The molecule has 102 valence electrons. The van der Waals surface area contributed by atoms with Crippen LogP contribution in [0.4, 0.5) is 0 Å². The van der Waals surface area contributed by atoms with E-state index in [1.165, 1.54) is 11.1 Å². The quantitative estimate of drug-likeness (QED) is 0.611. The summed E-state index contributed by atoms with van der Waals surface area (Å²) >= 11 is 9.17. The molecule has 1 aliphatic rings. The van der Waals surface area contributed by atoms with Crippen molar-refractivity contribution in [3.63, 3.8) is 0 Å². The molecule has 2 rings (SSSR count). The van der Waals surface area contributed by atoms with Gasteiger partial charge in [0.2, 0.25) is 5.91 Å². The molecule has 0 radical (unpaired) electrons. The molecule has 1 saturated heterocycles. The summed E-state index contributed by atoms with van der Waals surface area (Å²) < 4.78 is 0.660. The average molecular weight is 346 g/mol. The second-order valence-electron chi connectivity index (χ2n) is 5.01. The summed E-state index contributed by atoms with van der Waals surface area (Å²) in [6.45, 7) is 4.57. The van der Waals surface area contributed by atoms with E-state index in [0.717, 1.165) is 0 Å². The summed E-state index contributed by atoms with van der Waals surface area (Å²) in [4.78, 5) is 29.5. The molecule has 0 aromatic carbocycles. The van der Waals surface area contributed by atoms with Crippen molar-refractivity contribution in [1.82, 2.24) is 9.88 Å². The average Bonchev–Trinajstić information content (AvgIpc) is 2.74. The topological polar surface area (TPSA) is 50.3 Å². The highest BCUT2D eigenvalue weighted by atomic mass is 79.9. The van der Waals surface area contributed by atoms with Crippen molar-refractivity contribution >= 4 is 39.3 Å². The highest BCUT2D eigenvalue weighted by Crippen LogP contribution is 2.28. The van der Waals surface area contributed by atoms with Gasteiger partial charge in [0.05, 0.1) is 5.56 Å². The number of halogens is 2. The van der Waals surface area contributed by atoms with Crippen LogP contribution in [-0.2, 0) is 4.79 Å². The SMILES string of the molecule is CC(C)C1CC(=O)N(C(=O)c2cc(Br)cnc2Cl)C1. The molecule has 0 N–H and O–H groups in total. The van der Waals surface area contributed by atoms with Crippen molar-refractivity contribution in [2.24, 2.45) is 11.8 Å². The minimum Gasteiger partial charge on any atom is -0.278 e. The van der Waals surface area contributed by atoms with E-state index in [1.54, 1.807) is 6.07 Å². The Labute approximate surface area is 125 Å². The van der Waals surface area contributed by atoms with E-state index in [4.69, 9.17) is 11.6 Å². The molecule has 1 unspecified atom stereocenters. The first-order valence-electron chi connectivity index (χ1n) is 6.06. The summed E-state index contributed by atoms with van der Waals surface area (Å²) in [5, 5.41) is 0.119. The first-order valence-corrected chi connectivity index (χ1v) is 7.23. The number of pyridine rings is 1. The van der Waals surface area contributed by atoms with Crippen LogP contribution >= 0.6 is 27.5 Å². The summed E-state index contributed by atoms with van der Waals surface area (Å²) in [5.74, 6) is 0.0832. The van der Waals surface area contributed by atoms with Gasteiger partial charge >= 0.3 is 0 Å². The standard InChI is InChI=1S/C13H14BrClN2O2/c1-7(2)8-3-11(18)17(6-8)13(19)10-4-9(14)5-16-12(10)15/h4-5,7-8H,3,6H2,1-2H3. The molecular formula is C13H14BrClN2O2. The Morgan fingerprint density at radius 1 is 1.58 bits per heavy atom. The molecule has 0 saturated carbocycles. The molecule has 0 aliphatic carbocycles. The van der Waals surface area contributed by atoms with Crippen molar-refractivity contribution < 1.29 is 9.59 Å². The van der Waals surface area contributed by atoms with Crippen molar-refractivity contribution in [3.05, 3.63) is 27.5 Å². The zero-order chi connectivity index (χ0) is 14.2. The van der Waals surface area contributed by atoms with Gasteiger partial charge < -0.3 is 0 Å². The van der Waals surface area contributed by atoms with Crippen LogP contribution in [0.5, 0.6) is 0 Å². The Kier molecular flexibility index (Phi) is 4.26. The van der Waals surface area contributed by atoms with Crippen LogP contribution in [0.15, 0.2) is 16.7 Å². The van der Waals surface area contributed by atoms with Crippen LogP contribution in [0, 0.1) is 11.8 Å². The van der Waals surface area contributed by atoms with Crippen LogP contribution in [0.3, 0.4) is 0 Å². The van der Waals surface area contributed by atoms with Crippen LogP contribution in [-0.4, -0.2) is 28.2 Å². The van der Waals surface area contributed by atoms with Crippen molar-refractivity contribution in [3.8, 4) is 0 Å². The summed E-state index contributed by atoms with van der Waals surface area (Å²) in [6, 6.07) is 1.59. The predicted octanol–water partition coefficient (Wildman–Crippen LogP) is 3.14. The molecule has 6 heteroatoms. The third kappa shape index (κ3) is 2.98. The smallest absolute Gasteiger partial charge is 0.263 e. The maximum atomic E-state index is 12.4. The Balaban J connectivity index is 2.25. The lowest BCUT2D eigenvalue weighted by Crippen LogP contribution is -2.33. The number of likely N-dealkylation sites (tertiary alicyclic amines) is 1. The van der Waals surface area contributed by atoms with Gasteiger partial charge in [0.15, 0.2) is 0 Å². The third-order valence-electron chi connectivity index (χ3n) is 3.38. The van der Waals surface area contributed by atoms with Crippen molar-refractivity contribution in [2.45, 2.75) is 20.3 Å². The minimum absolute atomic E-state index is 0.119. The van der Waals surface area contributed by atoms with Crippen LogP contribution in [0.1, 0.15) is 30.6 Å². The van der Waals surface area contributed by atoms with Gasteiger partial charge in [0, 0.05) is 23.6 Å². The number of nitrogens with zero attached hydrogens (tertiary/aromatic N) is 2. The number of rotatable bonds is 2. The highest BCUT2D eigenvalue weighted by molar-refractivity contribution is 9.10. The molecular weight excluding hydrogens is 332 g/mol. The van der Waals surface area contributed by atoms with Gasteiger partial charge in [-0.15, -0.1) is 0 Å². The fourth-order valence-electron chi connectivity index (χ4n) is 2.10. The second kappa shape index (κ2) is 5.59. The number of carbonyl (C=O) groups is 2. The van der Waals surface area contributed by atoms with Crippen molar-refractivity contribution in [1.29, 1.82) is 0 Å². The van der Waals surface area contributed by atoms with E-state index in [-0.39, 0.29) is 28.4 Å². The largest absolute Gasteiger partial charge is 0.278 e. The number of imide groups is 1. The molecule has 4 nitrogen and oxygen atoms in total. The maximum Gasteiger partial charge on any atom is 0.263 e. The number of amides is 2. The normalized spacial score (nSPS) is 19.3. The Bertz CT molecular complexity index is 533. The first-order chi connectivity index (χ1) is 8.90. The molecule has 0 bridgehead atoms. The van der Waals surface area contributed by atoms with Crippen LogP contribution < -0.4 is 0 Å². The van der Waals surface area contributed by atoms with E-state index >= 15 is 0 Å². The number of aromatic nitrogens is 1. The van der Waals surface area contributed by atoms with Crippen molar-refractivity contribution in [2.75, 3.05) is 6.54 Å². The Hall–Kier alpha value is -0.940. The minimum atomic E-state index is -0.369. The monoisotopic (exact) mass is 344 g/mol. The van der Waals surface area contributed by atoms with Gasteiger partial charge in [-0.3, -0.25) is 14.5 Å². The highest BCUT2D eigenvalue weighted by Gasteiger charge is 2.36. The van der Waals surface area contributed by atoms with E-state index in [9.17, 15) is 9.59 Å². The maximum absolute atomic E-state index is 12.4. The zero-order valence-electron chi connectivity index (χ0n) is 10.7. The molecule has 2 heterocycles. The van der Waals surface area contributed by atoms with Gasteiger partial charge in [0.25, 0.3) is 5.91 Å². The van der Waals surface area contributed by atoms with Gasteiger partial charge in [-0.1, -0.05) is 25.4 Å². The molecule has 1 aromatic heterocycles. The molecule has 19 heavy (non-hydrogen) atoms. The predicted molar refractivity (Wildman–Crippen MR) is 75.9 cm³/mol. The summed E-state index contributed by atoms with van der Waals surface area (Å²) in [5.41, 5.74) is 0.258. The van der Waals surface area contributed by atoms with Gasteiger partial charge in [0.1, 0.15) is 5.15 Å². The molecule has 1 aliphatic heterocycles. The molecule has 2 amide bonds. The fraction of sp³-hybridized carbons (Fsp3) is 0.462. The van der Waals surface area contributed by atoms with E-state index in [1.807, 2.05) is 0 Å². The third-order valence-corrected chi connectivity index (χ3v) is 4.11. The Morgan fingerprint density at radius 3 is 2.84 bits per heavy atom. The molecule has 1 fully saturated rings. The number of carbonyl (C=O) groups excluding carboxylic acids is 2. The number of hydrogen-bond donors (Lipinski definition) is 0. The summed E-state index contributed by atoms with van der Waals surface area (Å²) in [6.07, 6.45) is 1.93. The Morgan fingerprint density at radius 2 is 2.26 bits per heavy atom. The summed E-state index contributed by atoms with van der Waals surface area (Å²) in [7, 11) is 0. The van der Waals surface area contributed by atoms with Gasteiger partial charge in [-0.2, -0.15) is 0 Å². The van der Waals surface area contributed by atoms with Gasteiger partial charge in [-0.05, 0) is 33.8 Å².